The van der Waals surface area contributed by atoms with Crippen molar-refractivity contribution in [1.29, 1.82) is 0 Å². The Hall–Kier alpha value is -1.13. The van der Waals surface area contributed by atoms with Gasteiger partial charge in [0, 0.05) is 22.0 Å². The molecule has 0 aliphatic heterocycles. The minimum atomic E-state index is 0.0845. The molecule has 0 aliphatic carbocycles. The van der Waals surface area contributed by atoms with E-state index in [1.807, 2.05) is 18.2 Å². The summed E-state index contributed by atoms with van der Waals surface area (Å²) in [6.45, 7) is 3.76. The fourth-order valence-electron chi connectivity index (χ4n) is 1.94. The van der Waals surface area contributed by atoms with Gasteiger partial charge in [0.15, 0.2) is 5.78 Å². The fraction of sp³-hybridized carbons (Fsp3) is 0.267. The van der Waals surface area contributed by atoms with Crippen molar-refractivity contribution < 1.29 is 4.79 Å². The summed E-state index contributed by atoms with van der Waals surface area (Å²) >= 11 is 5.31. The molecule has 0 saturated carbocycles. The van der Waals surface area contributed by atoms with E-state index in [0.29, 0.717) is 6.04 Å². The average molecular weight is 338 g/mol. The van der Waals surface area contributed by atoms with E-state index in [2.05, 4.69) is 52.3 Å². The number of benzene rings is 1. The van der Waals surface area contributed by atoms with Gasteiger partial charge >= 0.3 is 0 Å². The second kappa shape index (κ2) is 5.88. The monoisotopic (exact) mass is 337 g/mol. The van der Waals surface area contributed by atoms with Crippen LogP contribution in [-0.2, 0) is 0 Å². The van der Waals surface area contributed by atoms with Crippen LogP contribution in [0.1, 0.15) is 35.1 Å². The number of anilines is 1. The zero-order valence-corrected chi connectivity index (χ0v) is 13.6. The number of carbonyl (C=O) groups is 1. The van der Waals surface area contributed by atoms with Crippen LogP contribution in [0.4, 0.5) is 5.69 Å². The van der Waals surface area contributed by atoms with Crippen LogP contribution in [-0.4, -0.2) is 12.8 Å². The van der Waals surface area contributed by atoms with Gasteiger partial charge in [0.05, 0.1) is 11.7 Å². The minimum absolute atomic E-state index is 0.0845. The lowest BCUT2D eigenvalue weighted by Gasteiger charge is -2.27. The molecule has 2 nitrogen and oxygen atoms in total. The second-order valence-corrected chi connectivity index (χ2v) is 6.36. The van der Waals surface area contributed by atoms with Crippen molar-refractivity contribution in [1.82, 2.24) is 0 Å². The molecule has 4 heteroatoms. The Morgan fingerprint density at radius 1 is 1.37 bits per heavy atom. The van der Waals surface area contributed by atoms with Crippen molar-refractivity contribution in [3.63, 3.8) is 0 Å². The van der Waals surface area contributed by atoms with E-state index >= 15 is 0 Å². The summed E-state index contributed by atoms with van der Waals surface area (Å²) < 4.78 is 0.950. The normalized spacial score (nSPS) is 12.2. The van der Waals surface area contributed by atoms with Crippen LogP contribution < -0.4 is 4.90 Å². The molecular weight excluding hydrogens is 322 g/mol. The Kier molecular flexibility index (Phi) is 4.42. The summed E-state index contributed by atoms with van der Waals surface area (Å²) in [5.41, 5.74) is 1.82. The molecule has 19 heavy (non-hydrogen) atoms. The lowest BCUT2D eigenvalue weighted by molar-refractivity contribution is 0.101. The first-order valence-corrected chi connectivity index (χ1v) is 7.74. The number of ketones is 1. The molecule has 0 radical (unpaired) electrons. The highest BCUT2D eigenvalue weighted by atomic mass is 79.9. The number of rotatable bonds is 4. The van der Waals surface area contributed by atoms with Crippen molar-refractivity contribution in [3.05, 3.63) is 50.6 Å². The summed E-state index contributed by atoms with van der Waals surface area (Å²) in [6, 6.07) is 10.3. The van der Waals surface area contributed by atoms with E-state index in [1.54, 1.807) is 18.3 Å². The maximum Gasteiger partial charge on any atom is 0.159 e. The van der Waals surface area contributed by atoms with Gasteiger partial charge in [0.25, 0.3) is 0 Å². The van der Waals surface area contributed by atoms with Crippen LogP contribution in [0, 0.1) is 0 Å². The third-order valence-corrected chi connectivity index (χ3v) is 4.95. The maximum absolute atomic E-state index is 11.4. The number of Topliss-reactive ketones (excluding diaryl/α,β-unsaturated/α-hetero) is 1. The number of hydrogen-bond donors (Lipinski definition) is 0. The molecule has 2 aromatic rings. The highest BCUT2D eigenvalue weighted by Gasteiger charge is 2.16. The van der Waals surface area contributed by atoms with Crippen LogP contribution >= 0.6 is 27.3 Å². The quantitative estimate of drug-likeness (QED) is 0.738. The Bertz CT molecular complexity index is 580. The van der Waals surface area contributed by atoms with E-state index in [0.717, 1.165) is 15.7 Å². The molecule has 1 heterocycles. The minimum Gasteiger partial charge on any atom is -0.366 e. The van der Waals surface area contributed by atoms with E-state index in [4.69, 9.17) is 0 Å². The maximum atomic E-state index is 11.4. The van der Waals surface area contributed by atoms with Crippen molar-refractivity contribution >= 4 is 38.7 Å². The van der Waals surface area contributed by atoms with Gasteiger partial charge in [-0.15, -0.1) is 11.3 Å². The molecule has 1 unspecified atom stereocenters. The van der Waals surface area contributed by atoms with Crippen molar-refractivity contribution in [2.45, 2.75) is 19.9 Å². The Morgan fingerprint density at radius 2 is 2.11 bits per heavy atom. The van der Waals surface area contributed by atoms with E-state index in [9.17, 15) is 4.79 Å². The van der Waals surface area contributed by atoms with Crippen LogP contribution in [0.25, 0.3) is 0 Å². The van der Waals surface area contributed by atoms with E-state index < -0.39 is 0 Å². The lowest BCUT2D eigenvalue weighted by atomic mass is 10.1. The molecule has 0 fully saturated rings. The van der Waals surface area contributed by atoms with Crippen molar-refractivity contribution in [2.75, 3.05) is 11.9 Å². The van der Waals surface area contributed by atoms with Gasteiger partial charge in [-0.05, 0) is 59.4 Å². The zero-order chi connectivity index (χ0) is 14.0. The SMILES string of the molecule is CC(=O)c1ccc(N(C)C(C)c2cccs2)c(Br)c1. The highest BCUT2D eigenvalue weighted by Crippen LogP contribution is 2.33. The number of hydrogen-bond acceptors (Lipinski definition) is 3. The van der Waals surface area contributed by atoms with Gasteiger partial charge in [0.2, 0.25) is 0 Å². The predicted octanol–water partition coefficient (Wildman–Crippen LogP) is 4.91. The second-order valence-electron chi connectivity index (χ2n) is 4.52. The Labute approximate surface area is 126 Å². The van der Waals surface area contributed by atoms with Gasteiger partial charge in [-0.25, -0.2) is 0 Å². The van der Waals surface area contributed by atoms with Crippen LogP contribution in [0.15, 0.2) is 40.2 Å². The molecule has 1 aromatic carbocycles. The third-order valence-electron chi connectivity index (χ3n) is 3.27. The first-order chi connectivity index (χ1) is 9.00. The molecule has 1 aromatic heterocycles. The summed E-state index contributed by atoms with van der Waals surface area (Å²) in [6.07, 6.45) is 0. The van der Waals surface area contributed by atoms with Crippen molar-refractivity contribution in [2.24, 2.45) is 0 Å². The predicted molar refractivity (Wildman–Crippen MR) is 85.3 cm³/mol. The largest absolute Gasteiger partial charge is 0.366 e. The number of nitrogens with zero attached hydrogens (tertiary/aromatic N) is 1. The van der Waals surface area contributed by atoms with E-state index in [-0.39, 0.29) is 5.78 Å². The summed E-state index contributed by atoms with van der Waals surface area (Å²) in [5.74, 6) is 0.0845. The number of halogens is 1. The zero-order valence-electron chi connectivity index (χ0n) is 11.2. The molecule has 0 bridgehead atoms. The van der Waals surface area contributed by atoms with Gasteiger partial charge in [-0.2, -0.15) is 0 Å². The molecule has 0 amide bonds. The molecular formula is C15H16BrNOS. The summed E-state index contributed by atoms with van der Waals surface area (Å²) in [7, 11) is 2.07. The Morgan fingerprint density at radius 3 is 2.63 bits per heavy atom. The number of carbonyl (C=O) groups excluding carboxylic acids is 1. The molecule has 2 rings (SSSR count). The summed E-state index contributed by atoms with van der Waals surface area (Å²) in [5, 5.41) is 2.09. The molecule has 0 spiro atoms. The molecule has 100 valence electrons. The average Bonchev–Trinajstić information content (AvgIpc) is 2.90. The standard InChI is InChI=1S/C15H16BrNOS/c1-10(15-5-4-8-19-15)17(3)14-7-6-12(11(2)18)9-13(14)16/h4-10H,1-3H3. The number of thiophene rings is 1. The van der Waals surface area contributed by atoms with Crippen LogP contribution in [0.3, 0.4) is 0 Å². The van der Waals surface area contributed by atoms with Gasteiger partial charge in [-0.3, -0.25) is 4.79 Å². The van der Waals surface area contributed by atoms with Gasteiger partial charge in [0.1, 0.15) is 0 Å². The van der Waals surface area contributed by atoms with Gasteiger partial charge in [-0.1, -0.05) is 6.07 Å². The molecule has 1 atom stereocenters. The summed E-state index contributed by atoms with van der Waals surface area (Å²) in [4.78, 5) is 14.9. The highest BCUT2D eigenvalue weighted by molar-refractivity contribution is 9.10. The van der Waals surface area contributed by atoms with Crippen molar-refractivity contribution in [3.8, 4) is 0 Å². The van der Waals surface area contributed by atoms with Gasteiger partial charge < -0.3 is 4.90 Å². The first-order valence-electron chi connectivity index (χ1n) is 6.07. The third kappa shape index (κ3) is 3.07. The Balaban J connectivity index is 2.29. The molecule has 0 N–H and O–H groups in total. The fourth-order valence-corrected chi connectivity index (χ4v) is 3.43. The molecule has 0 aliphatic rings. The van der Waals surface area contributed by atoms with E-state index in [1.165, 1.54) is 4.88 Å². The molecule has 0 saturated heterocycles. The smallest absolute Gasteiger partial charge is 0.159 e. The van der Waals surface area contributed by atoms with Crippen LogP contribution in [0.5, 0.6) is 0 Å². The van der Waals surface area contributed by atoms with Crippen LogP contribution in [0.2, 0.25) is 0 Å². The lowest BCUT2D eigenvalue weighted by Crippen LogP contribution is -2.21. The first kappa shape index (κ1) is 14.3. The topological polar surface area (TPSA) is 20.3 Å².